The summed E-state index contributed by atoms with van der Waals surface area (Å²) in [5.41, 5.74) is 8.41. The molecule has 0 aliphatic carbocycles. The molecule has 2 aromatic carbocycles. The van der Waals surface area contributed by atoms with Crippen molar-refractivity contribution in [1.82, 2.24) is 0 Å². The molecule has 1 unspecified atom stereocenters. The van der Waals surface area contributed by atoms with Gasteiger partial charge < -0.3 is 5.73 Å². The van der Waals surface area contributed by atoms with Gasteiger partial charge in [-0.3, -0.25) is 4.21 Å². The lowest BCUT2D eigenvalue weighted by molar-refractivity contribution is 0.598. The van der Waals surface area contributed by atoms with Gasteiger partial charge in [-0.2, -0.15) is 0 Å². The van der Waals surface area contributed by atoms with Crippen molar-refractivity contribution in [2.45, 2.75) is 31.0 Å². The smallest absolute Gasteiger partial charge is 0.131 e. The van der Waals surface area contributed by atoms with Gasteiger partial charge in [-0.15, -0.1) is 0 Å². The van der Waals surface area contributed by atoms with Gasteiger partial charge in [-0.05, 0) is 31.0 Å². The highest BCUT2D eigenvalue weighted by Gasteiger charge is 2.13. The molecule has 1 atom stereocenters. The Morgan fingerprint density at radius 2 is 1.85 bits per heavy atom. The van der Waals surface area contributed by atoms with Gasteiger partial charge in [0.1, 0.15) is 5.82 Å². The highest BCUT2D eigenvalue weighted by Crippen LogP contribution is 2.21. The first-order valence-corrected chi connectivity index (χ1v) is 7.76. The third-order valence-corrected chi connectivity index (χ3v) is 4.76. The Hall–Kier alpha value is -1.52. The van der Waals surface area contributed by atoms with E-state index in [1.54, 1.807) is 18.2 Å². The summed E-state index contributed by atoms with van der Waals surface area (Å²) in [4.78, 5) is 0.766. The summed E-state index contributed by atoms with van der Waals surface area (Å²) in [7, 11) is -1.26. The van der Waals surface area contributed by atoms with Crippen LogP contribution in [0.3, 0.4) is 0 Å². The number of hydrogen-bond acceptors (Lipinski definition) is 2. The second kappa shape index (κ2) is 6.29. The Balaban J connectivity index is 2.30. The molecule has 0 heterocycles. The summed E-state index contributed by atoms with van der Waals surface area (Å²) < 4.78 is 26.6. The van der Waals surface area contributed by atoms with Crippen LogP contribution in [-0.2, 0) is 23.1 Å². The van der Waals surface area contributed by atoms with Crippen LogP contribution >= 0.6 is 0 Å². The molecule has 0 saturated heterocycles. The minimum atomic E-state index is -1.26. The fourth-order valence-corrected chi connectivity index (χ4v) is 3.48. The molecule has 0 bridgehead atoms. The summed E-state index contributed by atoms with van der Waals surface area (Å²) in [6, 6.07) is 10.9. The molecule has 2 N–H and O–H groups in total. The van der Waals surface area contributed by atoms with E-state index in [-0.39, 0.29) is 18.1 Å². The zero-order valence-corrected chi connectivity index (χ0v) is 12.5. The molecule has 0 spiro atoms. The first kappa shape index (κ1) is 14.9. The van der Waals surface area contributed by atoms with E-state index in [9.17, 15) is 8.60 Å². The maximum Gasteiger partial charge on any atom is 0.131 e. The molecular formula is C16H18FNOS. The summed E-state index contributed by atoms with van der Waals surface area (Å²) in [5, 5.41) is 0. The largest absolute Gasteiger partial charge is 0.326 e. The number of hydrogen-bond donors (Lipinski definition) is 1. The first-order chi connectivity index (χ1) is 9.52. The number of aryl methyl sites for hydroxylation is 2. The molecule has 4 heteroatoms. The van der Waals surface area contributed by atoms with Crippen molar-refractivity contribution in [1.29, 1.82) is 0 Å². The van der Waals surface area contributed by atoms with Gasteiger partial charge in [0.25, 0.3) is 0 Å². The third kappa shape index (κ3) is 3.14. The predicted molar refractivity (Wildman–Crippen MR) is 80.3 cm³/mol. The van der Waals surface area contributed by atoms with E-state index < -0.39 is 10.8 Å². The van der Waals surface area contributed by atoms with Crippen LogP contribution in [0.5, 0.6) is 0 Å². The van der Waals surface area contributed by atoms with E-state index in [4.69, 9.17) is 5.73 Å². The van der Waals surface area contributed by atoms with Crippen LogP contribution in [0.2, 0.25) is 0 Å². The summed E-state index contributed by atoms with van der Waals surface area (Å²) >= 11 is 0. The number of rotatable bonds is 4. The van der Waals surface area contributed by atoms with E-state index >= 15 is 0 Å². The van der Waals surface area contributed by atoms with E-state index in [2.05, 4.69) is 0 Å². The molecule has 0 aliphatic rings. The van der Waals surface area contributed by atoms with Crippen molar-refractivity contribution in [2.75, 3.05) is 0 Å². The minimum Gasteiger partial charge on any atom is -0.326 e. The predicted octanol–water partition coefficient (Wildman–Crippen LogP) is 3.21. The van der Waals surface area contributed by atoms with E-state index in [0.29, 0.717) is 11.1 Å². The topological polar surface area (TPSA) is 43.1 Å². The third-order valence-electron chi connectivity index (χ3n) is 3.25. The van der Waals surface area contributed by atoms with Crippen LogP contribution in [0.15, 0.2) is 41.3 Å². The average Bonchev–Trinajstić information content (AvgIpc) is 2.43. The van der Waals surface area contributed by atoms with Crippen molar-refractivity contribution in [3.8, 4) is 0 Å². The lowest BCUT2D eigenvalue weighted by Crippen LogP contribution is -2.06. The molecule has 0 aromatic heterocycles. The second-order valence-electron chi connectivity index (χ2n) is 4.85. The molecule has 2 nitrogen and oxygen atoms in total. The van der Waals surface area contributed by atoms with Gasteiger partial charge in [-0.25, -0.2) is 4.39 Å². The monoisotopic (exact) mass is 291 g/mol. The molecular weight excluding hydrogens is 273 g/mol. The zero-order chi connectivity index (χ0) is 14.7. The van der Waals surface area contributed by atoms with Crippen LogP contribution < -0.4 is 5.73 Å². The Kier molecular flexibility index (Phi) is 4.68. The fourth-order valence-electron chi connectivity index (χ4n) is 2.07. The van der Waals surface area contributed by atoms with Gasteiger partial charge in [0, 0.05) is 22.6 Å². The molecule has 0 radical (unpaired) electrons. The summed E-state index contributed by atoms with van der Waals surface area (Å²) in [6.45, 7) is 4.02. The van der Waals surface area contributed by atoms with Crippen LogP contribution in [-0.4, -0.2) is 4.21 Å². The van der Waals surface area contributed by atoms with Gasteiger partial charge in [-0.1, -0.05) is 30.3 Å². The van der Waals surface area contributed by atoms with Crippen LogP contribution in [0.1, 0.15) is 22.3 Å². The second-order valence-corrected chi connectivity index (χ2v) is 6.27. The normalized spacial score (nSPS) is 12.4. The van der Waals surface area contributed by atoms with Gasteiger partial charge in [0.15, 0.2) is 0 Å². The highest BCUT2D eigenvalue weighted by atomic mass is 32.2. The molecule has 20 heavy (non-hydrogen) atoms. The van der Waals surface area contributed by atoms with Crippen molar-refractivity contribution in [2.24, 2.45) is 5.73 Å². The average molecular weight is 291 g/mol. The fraction of sp³-hybridized carbons (Fsp3) is 0.250. The lowest BCUT2D eigenvalue weighted by Gasteiger charge is -2.09. The molecule has 0 saturated carbocycles. The minimum absolute atomic E-state index is 0.149. The number of benzene rings is 2. The maximum absolute atomic E-state index is 14.1. The van der Waals surface area contributed by atoms with Crippen LogP contribution in [0, 0.1) is 19.7 Å². The Morgan fingerprint density at radius 3 is 2.55 bits per heavy atom. The first-order valence-electron chi connectivity index (χ1n) is 6.45. The van der Waals surface area contributed by atoms with Crippen molar-refractivity contribution in [3.63, 3.8) is 0 Å². The maximum atomic E-state index is 14.1. The van der Waals surface area contributed by atoms with Crippen molar-refractivity contribution in [3.05, 3.63) is 64.5 Å². The molecule has 0 fully saturated rings. The van der Waals surface area contributed by atoms with Crippen LogP contribution in [0.25, 0.3) is 0 Å². The standard InChI is InChI=1S/C16H18FNOS/c1-11-6-7-12(2)15(8-11)20(19)10-14-5-3-4-13(9-18)16(14)17/h3-8H,9-10,18H2,1-2H3. The van der Waals surface area contributed by atoms with E-state index in [1.807, 2.05) is 32.0 Å². The van der Waals surface area contributed by atoms with Crippen molar-refractivity contribution < 1.29 is 8.60 Å². The quantitative estimate of drug-likeness (QED) is 0.940. The molecule has 106 valence electrons. The molecule has 2 rings (SSSR count). The number of halogens is 1. The molecule has 0 amide bonds. The van der Waals surface area contributed by atoms with Gasteiger partial charge >= 0.3 is 0 Å². The van der Waals surface area contributed by atoms with Crippen molar-refractivity contribution >= 4 is 10.8 Å². The lowest BCUT2D eigenvalue weighted by atomic mass is 10.1. The molecule has 2 aromatic rings. The molecule has 0 aliphatic heterocycles. The zero-order valence-electron chi connectivity index (χ0n) is 11.7. The summed E-state index contributed by atoms with van der Waals surface area (Å²) in [5.74, 6) is -0.169. The Labute approximate surface area is 121 Å². The number of nitrogens with two attached hydrogens (primary N) is 1. The van der Waals surface area contributed by atoms with Gasteiger partial charge in [0.05, 0.1) is 16.6 Å². The Morgan fingerprint density at radius 1 is 1.15 bits per heavy atom. The Bertz CT molecular complexity index is 655. The van der Waals surface area contributed by atoms with E-state index in [1.165, 1.54) is 0 Å². The van der Waals surface area contributed by atoms with E-state index in [0.717, 1.165) is 16.0 Å². The highest BCUT2D eigenvalue weighted by molar-refractivity contribution is 7.84. The van der Waals surface area contributed by atoms with Crippen LogP contribution in [0.4, 0.5) is 4.39 Å². The van der Waals surface area contributed by atoms with Gasteiger partial charge in [0.2, 0.25) is 0 Å². The summed E-state index contributed by atoms with van der Waals surface area (Å²) in [6.07, 6.45) is 0. The SMILES string of the molecule is Cc1ccc(C)c(S(=O)Cc2cccc(CN)c2F)c1.